The molecular formula is C14H26N2O. The Kier molecular flexibility index (Phi) is 3.69. The summed E-state index contributed by atoms with van der Waals surface area (Å²) in [4.78, 5) is 2.67. The van der Waals surface area contributed by atoms with Crippen LogP contribution in [0.2, 0.25) is 0 Å². The minimum absolute atomic E-state index is 0.0198. The monoisotopic (exact) mass is 238 g/mol. The minimum Gasteiger partial charge on any atom is -0.393 e. The maximum absolute atomic E-state index is 10.1. The summed E-state index contributed by atoms with van der Waals surface area (Å²) in [6.45, 7) is 4.63. The first-order valence-corrected chi connectivity index (χ1v) is 7.46. The van der Waals surface area contributed by atoms with Gasteiger partial charge in [0.15, 0.2) is 0 Å². The Morgan fingerprint density at radius 1 is 1.06 bits per heavy atom. The van der Waals surface area contributed by atoms with E-state index < -0.39 is 0 Å². The second kappa shape index (κ2) is 5.25. The highest BCUT2D eigenvalue weighted by molar-refractivity contribution is 4.89. The molecule has 1 aliphatic carbocycles. The van der Waals surface area contributed by atoms with Crippen LogP contribution >= 0.6 is 0 Å². The zero-order valence-electron chi connectivity index (χ0n) is 10.8. The summed E-state index contributed by atoms with van der Waals surface area (Å²) in [5.41, 5.74) is 0. The number of aliphatic hydroxyl groups excluding tert-OH is 1. The zero-order chi connectivity index (χ0) is 11.7. The molecule has 2 aliphatic heterocycles. The Hall–Kier alpha value is -0.120. The van der Waals surface area contributed by atoms with Crippen molar-refractivity contribution in [2.75, 3.05) is 26.2 Å². The molecule has 2 atom stereocenters. The van der Waals surface area contributed by atoms with E-state index in [4.69, 9.17) is 0 Å². The van der Waals surface area contributed by atoms with Crippen LogP contribution in [0, 0.1) is 11.8 Å². The quantitative estimate of drug-likeness (QED) is 0.776. The molecule has 98 valence electrons. The second-order valence-electron chi connectivity index (χ2n) is 6.27. The van der Waals surface area contributed by atoms with Crippen molar-refractivity contribution >= 4 is 0 Å². The predicted octanol–water partition coefficient (Wildman–Crippen LogP) is 1.22. The van der Waals surface area contributed by atoms with Crippen molar-refractivity contribution in [3.63, 3.8) is 0 Å². The average molecular weight is 238 g/mol. The summed E-state index contributed by atoms with van der Waals surface area (Å²) in [6.07, 6.45) is 7.68. The van der Waals surface area contributed by atoms with Crippen molar-refractivity contribution in [3.8, 4) is 0 Å². The number of nitrogens with one attached hydrogen (secondary N) is 1. The lowest BCUT2D eigenvalue weighted by atomic mass is 9.88. The van der Waals surface area contributed by atoms with Crippen LogP contribution in [0.1, 0.15) is 38.5 Å². The molecular weight excluding hydrogens is 212 g/mol. The zero-order valence-corrected chi connectivity index (χ0v) is 10.8. The second-order valence-corrected chi connectivity index (χ2v) is 6.27. The van der Waals surface area contributed by atoms with Crippen molar-refractivity contribution in [1.29, 1.82) is 0 Å². The molecule has 3 aliphatic rings. The van der Waals surface area contributed by atoms with E-state index >= 15 is 0 Å². The lowest BCUT2D eigenvalue weighted by molar-refractivity contribution is -0.00115. The van der Waals surface area contributed by atoms with Crippen molar-refractivity contribution < 1.29 is 5.11 Å². The molecule has 0 unspecified atom stereocenters. The fourth-order valence-corrected chi connectivity index (χ4v) is 3.56. The van der Waals surface area contributed by atoms with Gasteiger partial charge in [-0.3, -0.25) is 4.90 Å². The highest BCUT2D eigenvalue weighted by Crippen LogP contribution is 2.38. The van der Waals surface area contributed by atoms with Gasteiger partial charge < -0.3 is 10.4 Å². The van der Waals surface area contributed by atoms with Crippen molar-refractivity contribution in [2.45, 2.75) is 50.7 Å². The van der Waals surface area contributed by atoms with Gasteiger partial charge in [-0.25, -0.2) is 0 Å². The number of hydrogen-bond donors (Lipinski definition) is 2. The number of nitrogens with zero attached hydrogens (tertiary/aromatic N) is 1. The smallest absolute Gasteiger partial charge is 0.0592 e. The molecule has 0 bridgehead atoms. The Morgan fingerprint density at radius 2 is 1.82 bits per heavy atom. The Labute approximate surface area is 105 Å². The summed E-state index contributed by atoms with van der Waals surface area (Å²) in [5, 5.41) is 13.6. The molecule has 3 nitrogen and oxygen atoms in total. The van der Waals surface area contributed by atoms with Crippen LogP contribution < -0.4 is 5.32 Å². The molecule has 3 rings (SSSR count). The summed E-state index contributed by atoms with van der Waals surface area (Å²) < 4.78 is 0. The molecule has 0 aromatic rings. The highest BCUT2D eigenvalue weighted by Gasteiger charge is 2.35. The summed E-state index contributed by atoms with van der Waals surface area (Å²) in [7, 11) is 0. The maximum Gasteiger partial charge on any atom is 0.0592 e. The van der Waals surface area contributed by atoms with Gasteiger partial charge in [-0.1, -0.05) is 12.8 Å². The maximum atomic E-state index is 10.1. The number of hydrogen-bond acceptors (Lipinski definition) is 3. The van der Waals surface area contributed by atoms with E-state index in [1.165, 1.54) is 45.2 Å². The number of aliphatic hydroxyl groups is 1. The number of piperidine rings is 2. The Balaban J connectivity index is 1.54. The van der Waals surface area contributed by atoms with Gasteiger partial charge >= 0.3 is 0 Å². The number of rotatable bonds is 3. The third-order valence-corrected chi connectivity index (χ3v) is 4.88. The van der Waals surface area contributed by atoms with Gasteiger partial charge in [0.1, 0.15) is 0 Å². The fourth-order valence-electron chi connectivity index (χ4n) is 3.56. The molecule has 2 N–H and O–H groups in total. The van der Waals surface area contributed by atoms with Crippen molar-refractivity contribution in [1.82, 2.24) is 10.2 Å². The van der Waals surface area contributed by atoms with E-state index in [1.54, 1.807) is 0 Å². The van der Waals surface area contributed by atoms with Gasteiger partial charge in [0.25, 0.3) is 0 Å². The lowest BCUT2D eigenvalue weighted by Crippen LogP contribution is -2.51. The van der Waals surface area contributed by atoms with Crippen LogP contribution in [0.15, 0.2) is 0 Å². The van der Waals surface area contributed by atoms with Gasteiger partial charge in [-0.15, -0.1) is 0 Å². The van der Waals surface area contributed by atoms with Crippen LogP contribution in [0.25, 0.3) is 0 Å². The van der Waals surface area contributed by atoms with E-state index in [9.17, 15) is 5.11 Å². The summed E-state index contributed by atoms with van der Waals surface area (Å²) >= 11 is 0. The van der Waals surface area contributed by atoms with E-state index in [2.05, 4.69) is 10.2 Å². The van der Waals surface area contributed by atoms with E-state index in [0.717, 1.165) is 31.5 Å². The van der Waals surface area contributed by atoms with Crippen LogP contribution in [0.3, 0.4) is 0 Å². The van der Waals surface area contributed by atoms with Gasteiger partial charge in [-0.2, -0.15) is 0 Å². The molecule has 0 amide bonds. The van der Waals surface area contributed by atoms with E-state index in [1.807, 2.05) is 0 Å². The molecule has 0 aromatic heterocycles. The lowest BCUT2D eigenvalue weighted by Gasteiger charge is -2.42. The number of likely N-dealkylation sites (tertiary alicyclic amines) is 1. The third-order valence-electron chi connectivity index (χ3n) is 4.88. The summed E-state index contributed by atoms with van der Waals surface area (Å²) in [5.74, 6) is 1.51. The highest BCUT2D eigenvalue weighted by atomic mass is 16.3. The first-order chi connectivity index (χ1) is 8.33. The van der Waals surface area contributed by atoms with Crippen molar-refractivity contribution in [2.24, 2.45) is 11.8 Å². The SMILES string of the molecule is O[C@@H]1CCN(C2CCNCC2)C[C@@H]1CC1CC1. The van der Waals surface area contributed by atoms with Gasteiger partial charge in [0.2, 0.25) is 0 Å². The molecule has 3 heteroatoms. The summed E-state index contributed by atoms with van der Waals surface area (Å²) in [6, 6.07) is 0.783. The minimum atomic E-state index is -0.0198. The van der Waals surface area contributed by atoms with Crippen molar-refractivity contribution in [3.05, 3.63) is 0 Å². The normalized spacial score (nSPS) is 37.2. The molecule has 3 fully saturated rings. The fraction of sp³-hybridized carbons (Fsp3) is 1.00. The topological polar surface area (TPSA) is 35.5 Å². The molecule has 1 saturated carbocycles. The van der Waals surface area contributed by atoms with Crippen LogP contribution in [0.5, 0.6) is 0 Å². The molecule has 2 heterocycles. The Bertz CT molecular complexity index is 249. The first kappa shape index (κ1) is 11.9. The van der Waals surface area contributed by atoms with E-state index in [0.29, 0.717) is 5.92 Å². The molecule has 0 radical (unpaired) electrons. The standard InChI is InChI=1S/C14H26N2O/c17-14-5-8-16(13-3-6-15-7-4-13)10-12(14)9-11-1-2-11/h11-15,17H,1-10H2/t12-,14+/m0/s1. The largest absolute Gasteiger partial charge is 0.393 e. The average Bonchev–Trinajstić information content (AvgIpc) is 3.17. The molecule has 0 aromatic carbocycles. The van der Waals surface area contributed by atoms with Gasteiger partial charge in [-0.05, 0) is 50.6 Å². The first-order valence-electron chi connectivity index (χ1n) is 7.46. The molecule has 2 saturated heterocycles. The van der Waals surface area contributed by atoms with Gasteiger partial charge in [0, 0.05) is 19.1 Å². The predicted molar refractivity (Wildman–Crippen MR) is 68.9 cm³/mol. The van der Waals surface area contributed by atoms with Gasteiger partial charge in [0.05, 0.1) is 6.10 Å². The van der Waals surface area contributed by atoms with Crippen LogP contribution in [-0.2, 0) is 0 Å². The molecule has 17 heavy (non-hydrogen) atoms. The molecule has 0 spiro atoms. The Morgan fingerprint density at radius 3 is 2.53 bits per heavy atom. The van der Waals surface area contributed by atoms with Crippen LogP contribution in [0.4, 0.5) is 0 Å². The van der Waals surface area contributed by atoms with Crippen LogP contribution in [-0.4, -0.2) is 48.3 Å². The third kappa shape index (κ3) is 3.01. The van der Waals surface area contributed by atoms with E-state index in [-0.39, 0.29) is 6.10 Å².